The molecule has 1 N–H and O–H groups in total. The van der Waals surface area contributed by atoms with Crippen molar-refractivity contribution in [1.29, 1.82) is 0 Å². The molecule has 0 saturated carbocycles. The third-order valence-corrected chi connectivity index (χ3v) is 4.77. The highest BCUT2D eigenvalue weighted by atomic mass is 32.1. The van der Waals surface area contributed by atoms with Crippen LogP contribution in [-0.2, 0) is 19.4 Å². The van der Waals surface area contributed by atoms with Crippen molar-refractivity contribution in [2.75, 3.05) is 5.32 Å². The van der Waals surface area contributed by atoms with Gasteiger partial charge in [-0.15, -0.1) is 21.5 Å². The van der Waals surface area contributed by atoms with Crippen molar-refractivity contribution >= 4 is 27.8 Å². The van der Waals surface area contributed by atoms with Crippen LogP contribution in [0.25, 0.3) is 0 Å². The molecule has 0 radical (unpaired) electrons. The summed E-state index contributed by atoms with van der Waals surface area (Å²) in [5.41, 5.74) is 1.57. The second-order valence-corrected chi connectivity index (χ2v) is 6.40. The van der Waals surface area contributed by atoms with Crippen molar-refractivity contribution < 1.29 is 0 Å². The van der Waals surface area contributed by atoms with Gasteiger partial charge in [0.25, 0.3) is 0 Å². The van der Waals surface area contributed by atoms with Gasteiger partial charge in [-0.05, 0) is 37.8 Å². The monoisotopic (exact) mass is 251 g/mol. The number of nitrogens with zero attached hydrogens (tertiary/aromatic N) is 2. The van der Waals surface area contributed by atoms with E-state index in [1.165, 1.54) is 24.1 Å². The van der Waals surface area contributed by atoms with Crippen LogP contribution < -0.4 is 5.32 Å². The highest BCUT2D eigenvalue weighted by molar-refractivity contribution is 7.15. The van der Waals surface area contributed by atoms with Gasteiger partial charge in [-0.2, -0.15) is 0 Å². The van der Waals surface area contributed by atoms with E-state index in [0.29, 0.717) is 0 Å². The summed E-state index contributed by atoms with van der Waals surface area (Å²) in [6.45, 7) is 2.86. The molecular weight excluding hydrogens is 238 g/mol. The number of nitrogens with one attached hydrogen (secondary N) is 1. The van der Waals surface area contributed by atoms with Crippen LogP contribution in [0, 0.1) is 6.92 Å². The number of hydrogen-bond acceptors (Lipinski definition) is 5. The van der Waals surface area contributed by atoms with Crippen LogP contribution in [0.4, 0.5) is 5.13 Å². The molecule has 1 aliphatic rings. The molecule has 0 aliphatic heterocycles. The lowest BCUT2D eigenvalue weighted by atomic mass is 10.2. The molecule has 3 nitrogen and oxygen atoms in total. The second kappa shape index (κ2) is 4.14. The van der Waals surface area contributed by atoms with Crippen LogP contribution in [-0.4, -0.2) is 10.2 Å². The lowest BCUT2D eigenvalue weighted by Crippen LogP contribution is -1.96. The van der Waals surface area contributed by atoms with Crippen LogP contribution in [0.1, 0.15) is 26.7 Å². The van der Waals surface area contributed by atoms with Crippen LogP contribution in [0.15, 0.2) is 6.07 Å². The fourth-order valence-electron chi connectivity index (χ4n) is 2.01. The molecule has 0 atom stereocenters. The van der Waals surface area contributed by atoms with E-state index >= 15 is 0 Å². The number of hydrogen-bond donors (Lipinski definition) is 1. The largest absolute Gasteiger partial charge is 0.355 e. The van der Waals surface area contributed by atoms with Gasteiger partial charge in [0.05, 0.1) is 6.54 Å². The maximum atomic E-state index is 4.06. The van der Waals surface area contributed by atoms with E-state index in [0.717, 1.165) is 16.7 Å². The van der Waals surface area contributed by atoms with Crippen molar-refractivity contribution in [3.05, 3.63) is 26.4 Å². The van der Waals surface area contributed by atoms with E-state index in [9.17, 15) is 0 Å². The Bertz CT molecular complexity index is 480. The molecule has 2 aromatic heterocycles. The van der Waals surface area contributed by atoms with Crippen molar-refractivity contribution in [1.82, 2.24) is 10.2 Å². The molecule has 2 aromatic rings. The minimum atomic E-state index is 0.881. The maximum Gasteiger partial charge on any atom is 0.205 e. The Kier molecular flexibility index (Phi) is 2.65. The molecule has 84 valence electrons. The van der Waals surface area contributed by atoms with Gasteiger partial charge in [0.15, 0.2) is 0 Å². The van der Waals surface area contributed by atoms with Gasteiger partial charge in [-0.3, -0.25) is 0 Å². The summed E-state index contributed by atoms with van der Waals surface area (Å²) >= 11 is 3.55. The molecule has 5 heteroatoms. The van der Waals surface area contributed by atoms with Gasteiger partial charge >= 0.3 is 0 Å². The van der Waals surface area contributed by atoms with E-state index in [2.05, 4.69) is 21.6 Å². The summed E-state index contributed by atoms with van der Waals surface area (Å²) in [5, 5.41) is 13.3. The Morgan fingerprint density at radius 3 is 3.00 bits per heavy atom. The van der Waals surface area contributed by atoms with Gasteiger partial charge in [0, 0.05) is 9.75 Å². The van der Waals surface area contributed by atoms with Gasteiger partial charge in [-0.25, -0.2) is 0 Å². The predicted molar refractivity (Wildman–Crippen MR) is 68.3 cm³/mol. The van der Waals surface area contributed by atoms with E-state index in [4.69, 9.17) is 0 Å². The Balaban J connectivity index is 1.66. The van der Waals surface area contributed by atoms with Crippen molar-refractivity contribution in [2.24, 2.45) is 0 Å². The summed E-state index contributed by atoms with van der Waals surface area (Å²) in [6, 6.07) is 2.34. The summed E-state index contributed by atoms with van der Waals surface area (Å²) in [5.74, 6) is 0. The second-order valence-electron chi connectivity index (χ2n) is 3.99. The first-order valence-electron chi connectivity index (χ1n) is 5.46. The number of aromatic nitrogens is 2. The van der Waals surface area contributed by atoms with Crippen LogP contribution in [0.2, 0.25) is 0 Å². The molecule has 3 rings (SSSR count). The lowest BCUT2D eigenvalue weighted by molar-refractivity contribution is 0.913. The Hall–Kier alpha value is -0.940. The molecule has 0 bridgehead atoms. The molecular formula is C11H13N3S2. The van der Waals surface area contributed by atoms with Crippen molar-refractivity contribution in [3.8, 4) is 0 Å². The summed E-state index contributed by atoms with van der Waals surface area (Å²) < 4.78 is 0. The molecule has 0 aromatic carbocycles. The first kappa shape index (κ1) is 10.2. The zero-order valence-electron chi connectivity index (χ0n) is 9.12. The smallest absolute Gasteiger partial charge is 0.205 e. The molecule has 0 spiro atoms. The van der Waals surface area contributed by atoms with E-state index in [1.807, 2.05) is 18.3 Å². The first-order valence-corrected chi connectivity index (χ1v) is 7.09. The number of aryl methyl sites for hydroxylation is 3. The number of thiophene rings is 1. The highest BCUT2D eigenvalue weighted by Gasteiger charge is 2.14. The normalized spacial score (nSPS) is 14.1. The molecule has 0 amide bonds. The first-order chi connectivity index (χ1) is 7.81. The molecule has 0 fully saturated rings. The van der Waals surface area contributed by atoms with E-state index in [-0.39, 0.29) is 0 Å². The predicted octanol–water partition coefficient (Wildman–Crippen LogP) is 3.01. The van der Waals surface area contributed by atoms with Gasteiger partial charge in [0.1, 0.15) is 5.01 Å². The SMILES string of the molecule is Cc1nnc(NCc2cc3c(s2)CCC3)s1. The maximum absolute atomic E-state index is 4.06. The molecule has 1 aliphatic carbocycles. The summed E-state index contributed by atoms with van der Waals surface area (Å²) in [7, 11) is 0. The lowest BCUT2D eigenvalue weighted by Gasteiger charge is -1.98. The minimum absolute atomic E-state index is 0.881. The van der Waals surface area contributed by atoms with Crippen molar-refractivity contribution in [2.45, 2.75) is 32.7 Å². The zero-order chi connectivity index (χ0) is 11.0. The summed E-state index contributed by atoms with van der Waals surface area (Å²) in [4.78, 5) is 3.00. The zero-order valence-corrected chi connectivity index (χ0v) is 10.7. The van der Waals surface area contributed by atoms with Gasteiger partial charge in [-0.1, -0.05) is 11.3 Å². The topological polar surface area (TPSA) is 37.8 Å². The molecule has 2 heterocycles. The van der Waals surface area contributed by atoms with Crippen LogP contribution in [0.5, 0.6) is 0 Å². The minimum Gasteiger partial charge on any atom is -0.355 e. The number of anilines is 1. The fourth-order valence-corrected chi connectivity index (χ4v) is 3.80. The van der Waals surface area contributed by atoms with Gasteiger partial charge < -0.3 is 5.32 Å². The fraction of sp³-hybridized carbons (Fsp3) is 0.455. The Labute approximate surface area is 103 Å². The highest BCUT2D eigenvalue weighted by Crippen LogP contribution is 2.31. The third kappa shape index (κ3) is 1.97. The molecule has 0 unspecified atom stereocenters. The van der Waals surface area contributed by atoms with Gasteiger partial charge in [0.2, 0.25) is 5.13 Å². The quantitative estimate of drug-likeness (QED) is 0.911. The van der Waals surface area contributed by atoms with E-state index in [1.54, 1.807) is 21.8 Å². The molecule has 16 heavy (non-hydrogen) atoms. The third-order valence-electron chi connectivity index (χ3n) is 2.74. The van der Waals surface area contributed by atoms with Crippen LogP contribution in [0.3, 0.4) is 0 Å². The number of fused-ring (bicyclic) bond motifs is 1. The summed E-state index contributed by atoms with van der Waals surface area (Å²) in [6.07, 6.45) is 3.88. The molecule has 0 saturated heterocycles. The van der Waals surface area contributed by atoms with E-state index < -0.39 is 0 Å². The Morgan fingerprint density at radius 2 is 2.25 bits per heavy atom. The number of rotatable bonds is 3. The average molecular weight is 251 g/mol. The average Bonchev–Trinajstić information content (AvgIpc) is 2.89. The Morgan fingerprint density at radius 1 is 1.31 bits per heavy atom. The standard InChI is InChI=1S/C11H13N3S2/c1-7-13-14-11(15-7)12-6-9-5-8-3-2-4-10(8)16-9/h5H,2-4,6H2,1H3,(H,12,14). The van der Waals surface area contributed by atoms with Crippen molar-refractivity contribution in [3.63, 3.8) is 0 Å². The van der Waals surface area contributed by atoms with Crippen LogP contribution >= 0.6 is 22.7 Å².